The first kappa shape index (κ1) is 24.6. The van der Waals surface area contributed by atoms with E-state index in [9.17, 15) is 13.2 Å². The van der Waals surface area contributed by atoms with Crippen molar-refractivity contribution in [1.82, 2.24) is 0 Å². The Morgan fingerprint density at radius 3 is 2.34 bits per heavy atom. The number of sulfonamides is 1. The van der Waals surface area contributed by atoms with Crippen molar-refractivity contribution in [2.24, 2.45) is 0 Å². The van der Waals surface area contributed by atoms with Gasteiger partial charge in [-0.15, -0.1) is 0 Å². The van der Waals surface area contributed by atoms with Crippen LogP contribution in [0.5, 0.6) is 11.5 Å². The highest BCUT2D eigenvalue weighted by molar-refractivity contribution is 7.92. The molecule has 1 unspecified atom stereocenters. The number of anilines is 2. The van der Waals surface area contributed by atoms with Gasteiger partial charge in [0.25, 0.3) is 15.9 Å². The molecule has 0 spiro atoms. The topological polar surface area (TPSA) is 103 Å². The van der Waals surface area contributed by atoms with Crippen molar-refractivity contribution in [3.8, 4) is 11.5 Å². The summed E-state index contributed by atoms with van der Waals surface area (Å²) in [6.07, 6.45) is 2.15. The van der Waals surface area contributed by atoms with Crippen LogP contribution in [0.1, 0.15) is 28.8 Å². The van der Waals surface area contributed by atoms with E-state index >= 15 is 0 Å². The highest BCUT2D eigenvalue weighted by Gasteiger charge is 2.19. The molecule has 3 aromatic rings. The van der Waals surface area contributed by atoms with E-state index < -0.39 is 10.0 Å². The Hall–Kier alpha value is -3.56. The van der Waals surface area contributed by atoms with E-state index in [0.29, 0.717) is 40.6 Å². The predicted octanol–water partition coefficient (Wildman–Crippen LogP) is 4.61. The molecule has 1 saturated heterocycles. The molecule has 1 atom stereocenters. The fourth-order valence-electron chi connectivity index (χ4n) is 3.71. The van der Waals surface area contributed by atoms with E-state index in [1.807, 2.05) is 0 Å². The first-order chi connectivity index (χ1) is 16.8. The first-order valence-electron chi connectivity index (χ1n) is 11.3. The van der Waals surface area contributed by atoms with Gasteiger partial charge in [-0.2, -0.15) is 0 Å². The number of aryl methyl sites for hydroxylation is 1. The van der Waals surface area contributed by atoms with Crippen LogP contribution in [0.2, 0.25) is 0 Å². The molecule has 8 nitrogen and oxygen atoms in total. The number of ether oxygens (including phenoxy) is 3. The Balaban J connectivity index is 1.42. The second-order valence-corrected chi connectivity index (χ2v) is 9.89. The van der Waals surface area contributed by atoms with Crippen LogP contribution in [0.4, 0.5) is 11.4 Å². The number of methoxy groups -OCH3 is 1. The summed E-state index contributed by atoms with van der Waals surface area (Å²) in [6, 6.07) is 18.1. The second kappa shape index (κ2) is 10.8. The van der Waals surface area contributed by atoms with Crippen LogP contribution in [0, 0.1) is 6.92 Å². The molecule has 1 aliphatic heterocycles. The van der Waals surface area contributed by atoms with Crippen LogP contribution in [-0.2, 0) is 14.8 Å². The highest BCUT2D eigenvalue weighted by atomic mass is 32.2. The maximum atomic E-state index is 13.0. The number of carbonyl (C=O) groups is 1. The molecule has 0 aromatic heterocycles. The summed E-state index contributed by atoms with van der Waals surface area (Å²) in [7, 11) is -2.34. The average molecular weight is 497 g/mol. The van der Waals surface area contributed by atoms with Crippen molar-refractivity contribution >= 4 is 27.3 Å². The minimum Gasteiger partial charge on any atom is -0.497 e. The monoisotopic (exact) mass is 496 g/mol. The van der Waals surface area contributed by atoms with Crippen LogP contribution < -0.4 is 19.5 Å². The Labute approximate surface area is 205 Å². The van der Waals surface area contributed by atoms with E-state index in [1.165, 1.54) is 13.2 Å². The number of hydrogen-bond acceptors (Lipinski definition) is 6. The lowest BCUT2D eigenvalue weighted by Crippen LogP contribution is -2.17. The number of benzene rings is 3. The summed E-state index contributed by atoms with van der Waals surface area (Å²) in [5, 5.41) is 2.76. The lowest BCUT2D eigenvalue weighted by Gasteiger charge is -2.13. The van der Waals surface area contributed by atoms with E-state index in [0.717, 1.165) is 19.4 Å². The van der Waals surface area contributed by atoms with Gasteiger partial charge in [0.1, 0.15) is 18.1 Å². The zero-order valence-electron chi connectivity index (χ0n) is 19.6. The van der Waals surface area contributed by atoms with Gasteiger partial charge in [0.05, 0.1) is 18.1 Å². The molecule has 35 heavy (non-hydrogen) atoms. The summed E-state index contributed by atoms with van der Waals surface area (Å²) in [5.41, 5.74) is 1.75. The minimum atomic E-state index is -3.87. The van der Waals surface area contributed by atoms with Crippen LogP contribution in [0.25, 0.3) is 0 Å². The van der Waals surface area contributed by atoms with E-state index in [1.54, 1.807) is 67.6 Å². The lowest BCUT2D eigenvalue weighted by molar-refractivity contribution is 0.0679. The summed E-state index contributed by atoms with van der Waals surface area (Å²) >= 11 is 0. The molecule has 2 N–H and O–H groups in total. The molecule has 1 fully saturated rings. The van der Waals surface area contributed by atoms with Gasteiger partial charge in [0.15, 0.2) is 0 Å². The zero-order valence-corrected chi connectivity index (χ0v) is 20.4. The first-order valence-corrected chi connectivity index (χ1v) is 12.8. The van der Waals surface area contributed by atoms with Crippen molar-refractivity contribution in [2.45, 2.75) is 30.8 Å². The van der Waals surface area contributed by atoms with Crippen LogP contribution in [0.15, 0.2) is 71.6 Å². The van der Waals surface area contributed by atoms with Crippen molar-refractivity contribution in [3.05, 3.63) is 77.9 Å². The van der Waals surface area contributed by atoms with Crippen molar-refractivity contribution in [2.75, 3.05) is 30.4 Å². The molecule has 0 radical (unpaired) electrons. The zero-order chi connectivity index (χ0) is 24.8. The lowest BCUT2D eigenvalue weighted by atomic mass is 10.2. The molecule has 9 heteroatoms. The molecule has 1 heterocycles. The summed E-state index contributed by atoms with van der Waals surface area (Å²) in [5.74, 6) is 0.924. The van der Waals surface area contributed by atoms with Gasteiger partial charge in [-0.3, -0.25) is 9.52 Å². The third kappa shape index (κ3) is 6.32. The number of hydrogen-bond donors (Lipinski definition) is 2. The molecular formula is C26H28N2O6S. The molecule has 1 amide bonds. The van der Waals surface area contributed by atoms with Crippen LogP contribution in [0.3, 0.4) is 0 Å². The predicted molar refractivity (Wildman–Crippen MR) is 134 cm³/mol. The standard InChI is InChI=1S/C26H28N2O6S/c1-18-5-8-21(16-25(18)35(30,31)28-20-9-13-22(32-2)14-10-20)27-26(29)19-6-11-23(12-7-19)34-17-24-4-3-15-33-24/h5-14,16,24,28H,3-4,15,17H2,1-2H3,(H,27,29). The molecule has 4 rings (SSSR count). The third-order valence-electron chi connectivity index (χ3n) is 5.65. The Morgan fingerprint density at radius 1 is 1.00 bits per heavy atom. The van der Waals surface area contributed by atoms with E-state index in [4.69, 9.17) is 14.2 Å². The summed E-state index contributed by atoms with van der Waals surface area (Å²) in [4.78, 5) is 12.8. The smallest absolute Gasteiger partial charge is 0.262 e. The largest absolute Gasteiger partial charge is 0.497 e. The maximum absolute atomic E-state index is 13.0. The van der Waals surface area contributed by atoms with Crippen LogP contribution >= 0.6 is 0 Å². The molecule has 3 aromatic carbocycles. The van der Waals surface area contributed by atoms with Gasteiger partial charge < -0.3 is 19.5 Å². The van der Waals surface area contributed by atoms with Crippen molar-refractivity contribution < 1.29 is 27.4 Å². The van der Waals surface area contributed by atoms with Gasteiger partial charge in [0.2, 0.25) is 0 Å². The van der Waals surface area contributed by atoms with Gasteiger partial charge >= 0.3 is 0 Å². The van der Waals surface area contributed by atoms with Crippen LogP contribution in [-0.4, -0.2) is 40.8 Å². The third-order valence-corrected chi connectivity index (χ3v) is 7.18. The maximum Gasteiger partial charge on any atom is 0.262 e. The fourth-order valence-corrected chi connectivity index (χ4v) is 5.04. The quantitative estimate of drug-likeness (QED) is 0.448. The number of rotatable bonds is 9. The molecular weight excluding hydrogens is 468 g/mol. The normalized spacial score (nSPS) is 15.4. The van der Waals surface area contributed by atoms with E-state index in [-0.39, 0.29) is 16.9 Å². The molecule has 0 saturated carbocycles. The van der Waals surface area contributed by atoms with Gasteiger partial charge in [-0.25, -0.2) is 8.42 Å². The van der Waals surface area contributed by atoms with Gasteiger partial charge in [-0.05, 0) is 86.0 Å². The number of carbonyl (C=O) groups excluding carboxylic acids is 1. The second-order valence-electron chi connectivity index (χ2n) is 8.24. The van der Waals surface area contributed by atoms with E-state index in [2.05, 4.69) is 10.0 Å². The molecule has 184 valence electrons. The SMILES string of the molecule is COc1ccc(NS(=O)(=O)c2cc(NC(=O)c3ccc(OCC4CCCO4)cc3)ccc2C)cc1. The molecule has 0 aliphatic carbocycles. The highest BCUT2D eigenvalue weighted by Crippen LogP contribution is 2.25. The fraction of sp³-hybridized carbons (Fsp3) is 0.269. The summed E-state index contributed by atoms with van der Waals surface area (Å²) < 4.78 is 44.9. The molecule has 0 bridgehead atoms. The number of amides is 1. The Morgan fingerprint density at radius 2 is 1.69 bits per heavy atom. The van der Waals surface area contributed by atoms with Gasteiger partial charge in [0, 0.05) is 23.5 Å². The number of nitrogens with one attached hydrogen (secondary N) is 2. The van der Waals surface area contributed by atoms with Crippen molar-refractivity contribution in [3.63, 3.8) is 0 Å². The summed E-state index contributed by atoms with van der Waals surface area (Å²) in [6.45, 7) is 2.95. The Kier molecular flexibility index (Phi) is 7.57. The minimum absolute atomic E-state index is 0.0731. The molecule has 1 aliphatic rings. The van der Waals surface area contributed by atoms with Gasteiger partial charge in [-0.1, -0.05) is 6.07 Å². The Bertz CT molecular complexity index is 1270. The average Bonchev–Trinajstić information content (AvgIpc) is 3.38. The van der Waals surface area contributed by atoms with Crippen molar-refractivity contribution in [1.29, 1.82) is 0 Å².